The summed E-state index contributed by atoms with van der Waals surface area (Å²) in [5.74, 6) is -0.152. The van der Waals surface area contributed by atoms with Gasteiger partial charge in [-0.3, -0.25) is 4.79 Å². The van der Waals surface area contributed by atoms with Crippen molar-refractivity contribution in [2.24, 2.45) is 4.99 Å². The van der Waals surface area contributed by atoms with Gasteiger partial charge in [-0.05, 0) is 12.5 Å². The Labute approximate surface area is 88.8 Å². The molecule has 3 nitrogen and oxygen atoms in total. The summed E-state index contributed by atoms with van der Waals surface area (Å²) >= 11 is 0. The molecule has 1 aromatic rings. The van der Waals surface area contributed by atoms with E-state index in [1.165, 1.54) is 6.08 Å². The van der Waals surface area contributed by atoms with Crippen molar-refractivity contribution in [2.45, 2.75) is 19.8 Å². The quantitative estimate of drug-likeness (QED) is 0.760. The van der Waals surface area contributed by atoms with E-state index < -0.39 is 0 Å². The summed E-state index contributed by atoms with van der Waals surface area (Å²) in [4.78, 5) is 14.4. The SMILES string of the molecule is CCCCO.O=C1C=c2ccccc2=N1. The molecule has 15 heavy (non-hydrogen) atoms. The molecule has 0 bridgehead atoms. The largest absolute Gasteiger partial charge is 0.396 e. The molecule has 0 aliphatic carbocycles. The average molecular weight is 205 g/mol. The summed E-state index contributed by atoms with van der Waals surface area (Å²) in [6.07, 6.45) is 3.58. The molecule has 3 heteroatoms. The molecule has 0 unspecified atom stereocenters. The zero-order chi connectivity index (χ0) is 11.1. The van der Waals surface area contributed by atoms with E-state index in [0.717, 1.165) is 23.4 Å². The summed E-state index contributed by atoms with van der Waals surface area (Å²) in [5.41, 5.74) is 0. The summed E-state index contributed by atoms with van der Waals surface area (Å²) in [6, 6.07) is 7.47. The fourth-order valence-corrected chi connectivity index (χ4v) is 1.15. The summed E-state index contributed by atoms with van der Waals surface area (Å²) in [5, 5.41) is 9.77. The number of carbonyl (C=O) groups excluding carboxylic acids is 1. The lowest BCUT2D eigenvalue weighted by Gasteiger charge is -1.79. The van der Waals surface area contributed by atoms with Gasteiger partial charge in [0.05, 0.1) is 5.36 Å². The lowest BCUT2D eigenvalue weighted by atomic mass is 10.3. The van der Waals surface area contributed by atoms with Gasteiger partial charge < -0.3 is 5.11 Å². The molecule has 1 N–H and O–H groups in total. The van der Waals surface area contributed by atoms with Gasteiger partial charge in [-0.1, -0.05) is 31.5 Å². The number of benzene rings is 1. The van der Waals surface area contributed by atoms with Gasteiger partial charge in [0.1, 0.15) is 0 Å². The van der Waals surface area contributed by atoms with Crippen molar-refractivity contribution in [2.75, 3.05) is 6.61 Å². The fourth-order valence-electron chi connectivity index (χ4n) is 1.15. The number of para-hydroxylation sites is 1. The second kappa shape index (κ2) is 6.09. The maximum atomic E-state index is 10.7. The number of amides is 1. The molecule has 0 saturated heterocycles. The number of carbonyl (C=O) groups is 1. The maximum Gasteiger partial charge on any atom is 0.270 e. The molecule has 0 aromatic heterocycles. The summed E-state index contributed by atoms with van der Waals surface area (Å²) in [7, 11) is 0. The topological polar surface area (TPSA) is 49.7 Å². The Bertz CT molecular complexity index is 398. The number of rotatable bonds is 2. The first-order valence-electron chi connectivity index (χ1n) is 5.08. The van der Waals surface area contributed by atoms with Gasteiger partial charge >= 0.3 is 0 Å². The first-order valence-corrected chi connectivity index (χ1v) is 5.08. The first kappa shape index (κ1) is 11.6. The lowest BCUT2D eigenvalue weighted by molar-refractivity contribution is -0.112. The molecular weight excluding hydrogens is 190 g/mol. The van der Waals surface area contributed by atoms with Crippen LogP contribution in [0.2, 0.25) is 0 Å². The van der Waals surface area contributed by atoms with E-state index in [4.69, 9.17) is 5.11 Å². The molecule has 0 atom stereocenters. The zero-order valence-electron chi connectivity index (χ0n) is 8.81. The molecule has 80 valence electrons. The van der Waals surface area contributed by atoms with Crippen LogP contribution in [0.1, 0.15) is 19.8 Å². The van der Waals surface area contributed by atoms with Crippen molar-refractivity contribution in [3.05, 3.63) is 34.8 Å². The van der Waals surface area contributed by atoms with E-state index in [2.05, 4.69) is 11.9 Å². The Morgan fingerprint density at radius 1 is 1.33 bits per heavy atom. The van der Waals surface area contributed by atoms with E-state index in [0.29, 0.717) is 6.61 Å². The van der Waals surface area contributed by atoms with Gasteiger partial charge in [0.15, 0.2) is 0 Å². The molecule has 1 aromatic carbocycles. The van der Waals surface area contributed by atoms with E-state index in [1.54, 1.807) is 0 Å². The highest BCUT2D eigenvalue weighted by atomic mass is 16.2. The minimum absolute atomic E-state index is 0.152. The second-order valence-corrected chi connectivity index (χ2v) is 3.23. The molecule has 2 rings (SSSR count). The van der Waals surface area contributed by atoms with Gasteiger partial charge in [-0.25, -0.2) is 4.99 Å². The molecule has 0 spiro atoms. The zero-order valence-corrected chi connectivity index (χ0v) is 8.81. The van der Waals surface area contributed by atoms with Crippen molar-refractivity contribution >= 4 is 12.0 Å². The average Bonchev–Trinajstić information content (AvgIpc) is 2.60. The van der Waals surface area contributed by atoms with Crippen molar-refractivity contribution in [1.82, 2.24) is 0 Å². The molecule has 1 amide bonds. The van der Waals surface area contributed by atoms with Crippen molar-refractivity contribution in [3.8, 4) is 0 Å². The fraction of sp³-hybridized carbons (Fsp3) is 0.333. The number of hydrogen-bond donors (Lipinski definition) is 1. The lowest BCUT2D eigenvalue weighted by Crippen LogP contribution is -2.19. The van der Waals surface area contributed by atoms with Crippen molar-refractivity contribution in [1.29, 1.82) is 0 Å². The number of aliphatic hydroxyl groups excluding tert-OH is 1. The van der Waals surface area contributed by atoms with Crippen LogP contribution in [-0.4, -0.2) is 17.6 Å². The summed E-state index contributed by atoms with van der Waals surface area (Å²) in [6.45, 7) is 2.40. The third-order valence-corrected chi connectivity index (χ3v) is 1.96. The van der Waals surface area contributed by atoms with Crippen LogP contribution in [0.4, 0.5) is 0 Å². The van der Waals surface area contributed by atoms with Crippen LogP contribution in [0, 0.1) is 0 Å². The molecule has 1 aliphatic heterocycles. The maximum absolute atomic E-state index is 10.7. The second-order valence-electron chi connectivity index (χ2n) is 3.23. The van der Waals surface area contributed by atoms with Crippen LogP contribution in [0.25, 0.3) is 6.08 Å². The number of hydrogen-bond acceptors (Lipinski definition) is 2. The predicted octanol–water partition coefficient (Wildman–Crippen LogP) is 0.406. The molecule has 0 radical (unpaired) electrons. The Hall–Kier alpha value is -1.48. The van der Waals surface area contributed by atoms with E-state index in [9.17, 15) is 4.79 Å². The van der Waals surface area contributed by atoms with Crippen molar-refractivity contribution < 1.29 is 9.90 Å². The third-order valence-electron chi connectivity index (χ3n) is 1.96. The van der Waals surface area contributed by atoms with Gasteiger partial charge in [-0.15, -0.1) is 0 Å². The minimum atomic E-state index is -0.152. The van der Waals surface area contributed by atoms with Gasteiger partial charge in [0.2, 0.25) is 0 Å². The van der Waals surface area contributed by atoms with Crippen LogP contribution >= 0.6 is 0 Å². The normalized spacial score (nSPS) is 12.0. The highest BCUT2D eigenvalue weighted by Gasteiger charge is 1.99. The van der Waals surface area contributed by atoms with Crippen LogP contribution in [-0.2, 0) is 4.79 Å². The summed E-state index contributed by atoms with van der Waals surface area (Å²) < 4.78 is 0. The highest BCUT2D eigenvalue weighted by Crippen LogP contribution is 1.81. The van der Waals surface area contributed by atoms with Crippen LogP contribution < -0.4 is 10.6 Å². The van der Waals surface area contributed by atoms with Gasteiger partial charge in [0, 0.05) is 17.9 Å². The predicted molar refractivity (Wildman–Crippen MR) is 58.7 cm³/mol. The highest BCUT2D eigenvalue weighted by molar-refractivity contribution is 6.06. The monoisotopic (exact) mass is 205 g/mol. The Morgan fingerprint density at radius 2 is 2.07 bits per heavy atom. The Kier molecular flexibility index (Phi) is 4.71. The van der Waals surface area contributed by atoms with Crippen molar-refractivity contribution in [3.63, 3.8) is 0 Å². The molecular formula is C12H15NO2. The molecule has 0 saturated carbocycles. The number of nitrogens with zero attached hydrogens (tertiary/aromatic N) is 1. The number of fused-ring (bicyclic) bond motifs is 1. The number of aliphatic hydroxyl groups is 1. The molecule has 0 fully saturated rings. The van der Waals surface area contributed by atoms with E-state index in [1.807, 2.05) is 24.3 Å². The van der Waals surface area contributed by atoms with E-state index in [-0.39, 0.29) is 5.91 Å². The van der Waals surface area contributed by atoms with Crippen LogP contribution in [0.3, 0.4) is 0 Å². The smallest absolute Gasteiger partial charge is 0.270 e. The molecule has 1 heterocycles. The van der Waals surface area contributed by atoms with Crippen LogP contribution in [0.15, 0.2) is 29.3 Å². The number of unbranched alkanes of at least 4 members (excludes halogenated alkanes) is 1. The van der Waals surface area contributed by atoms with Crippen LogP contribution in [0.5, 0.6) is 0 Å². The standard InChI is InChI=1S/C8H5NO.C4H10O/c10-8-5-6-3-1-2-4-7(6)9-8;1-2-3-4-5/h1-5H;5H,2-4H2,1H3. The first-order chi connectivity index (χ1) is 7.27. The Morgan fingerprint density at radius 3 is 2.60 bits per heavy atom. The van der Waals surface area contributed by atoms with Gasteiger partial charge in [0.25, 0.3) is 5.91 Å². The Balaban J connectivity index is 0.000000195. The molecule has 1 aliphatic rings. The van der Waals surface area contributed by atoms with Gasteiger partial charge in [-0.2, -0.15) is 0 Å². The minimum Gasteiger partial charge on any atom is -0.396 e. The third kappa shape index (κ3) is 3.64. The van der Waals surface area contributed by atoms with E-state index >= 15 is 0 Å².